The Bertz CT molecular complexity index is 848. The number of benzene rings is 2. The Kier molecular flexibility index (Phi) is 5.02. The average Bonchev–Trinajstić information content (AvgIpc) is 2.89. The fourth-order valence-electron chi connectivity index (χ4n) is 3.13. The van der Waals surface area contributed by atoms with Gasteiger partial charge in [-0.2, -0.15) is 0 Å². The molecular weight excluding hydrogens is 332 g/mol. The van der Waals surface area contributed by atoms with Crippen LogP contribution in [-0.2, 0) is 27.2 Å². The van der Waals surface area contributed by atoms with Gasteiger partial charge in [-0.15, -0.1) is 0 Å². The zero-order valence-corrected chi connectivity index (χ0v) is 14.4. The van der Waals surface area contributed by atoms with Crippen LogP contribution in [0.5, 0.6) is 0 Å². The van der Waals surface area contributed by atoms with E-state index in [1.54, 1.807) is 30.1 Å². The number of hydrogen-bond acceptors (Lipinski definition) is 3. The van der Waals surface area contributed by atoms with E-state index in [-0.39, 0.29) is 18.2 Å². The molecule has 0 radical (unpaired) electrons. The van der Waals surface area contributed by atoms with Gasteiger partial charge in [0.05, 0.1) is 12.3 Å². The van der Waals surface area contributed by atoms with Gasteiger partial charge in [-0.3, -0.25) is 14.4 Å². The SMILES string of the molecule is CN1C(=O)Cc2cc(NC(=O)CC(Cc3ccccc3)C(=O)O)ccc21. The molecule has 2 N–H and O–H groups in total. The molecular formula is C20H20N2O4. The van der Waals surface area contributed by atoms with Crippen LogP contribution in [-0.4, -0.2) is 29.9 Å². The number of aliphatic carboxylic acids is 1. The lowest BCUT2D eigenvalue weighted by Crippen LogP contribution is -2.24. The van der Waals surface area contributed by atoms with Crippen molar-refractivity contribution in [3.8, 4) is 0 Å². The van der Waals surface area contributed by atoms with Crippen LogP contribution in [0.15, 0.2) is 48.5 Å². The summed E-state index contributed by atoms with van der Waals surface area (Å²) in [4.78, 5) is 37.1. The van der Waals surface area contributed by atoms with Crippen LogP contribution >= 0.6 is 0 Å². The van der Waals surface area contributed by atoms with Crippen LogP contribution in [0.1, 0.15) is 17.5 Å². The summed E-state index contributed by atoms with van der Waals surface area (Å²) in [6.45, 7) is 0. The predicted octanol–water partition coefficient (Wildman–Crippen LogP) is 2.48. The van der Waals surface area contributed by atoms with Gasteiger partial charge < -0.3 is 15.3 Å². The summed E-state index contributed by atoms with van der Waals surface area (Å²) in [7, 11) is 1.72. The third kappa shape index (κ3) is 3.91. The van der Waals surface area contributed by atoms with E-state index < -0.39 is 11.9 Å². The summed E-state index contributed by atoms with van der Waals surface area (Å²) in [5.41, 5.74) is 3.14. The highest BCUT2D eigenvalue weighted by molar-refractivity contribution is 6.02. The minimum Gasteiger partial charge on any atom is -0.481 e. The van der Waals surface area contributed by atoms with E-state index in [9.17, 15) is 19.5 Å². The smallest absolute Gasteiger partial charge is 0.307 e. The predicted molar refractivity (Wildman–Crippen MR) is 98.1 cm³/mol. The molecule has 0 saturated carbocycles. The van der Waals surface area contributed by atoms with Gasteiger partial charge in [-0.1, -0.05) is 30.3 Å². The molecule has 1 unspecified atom stereocenters. The van der Waals surface area contributed by atoms with Gasteiger partial charge in [0.25, 0.3) is 0 Å². The van der Waals surface area contributed by atoms with Crippen molar-refractivity contribution in [1.82, 2.24) is 0 Å². The van der Waals surface area contributed by atoms with Crippen LogP contribution in [0.3, 0.4) is 0 Å². The topological polar surface area (TPSA) is 86.7 Å². The largest absolute Gasteiger partial charge is 0.481 e. The number of nitrogens with zero attached hydrogens (tertiary/aromatic N) is 1. The van der Waals surface area contributed by atoms with Gasteiger partial charge in [0, 0.05) is 24.8 Å². The zero-order valence-electron chi connectivity index (χ0n) is 14.4. The van der Waals surface area contributed by atoms with Gasteiger partial charge in [-0.25, -0.2) is 0 Å². The average molecular weight is 352 g/mol. The number of likely N-dealkylation sites (N-methyl/N-ethyl adjacent to an activating group) is 1. The number of carbonyl (C=O) groups excluding carboxylic acids is 2. The van der Waals surface area contributed by atoms with E-state index in [1.165, 1.54) is 0 Å². The van der Waals surface area contributed by atoms with Crippen molar-refractivity contribution in [2.24, 2.45) is 5.92 Å². The minimum absolute atomic E-state index is 0.0114. The van der Waals surface area contributed by atoms with E-state index in [0.717, 1.165) is 16.8 Å². The van der Waals surface area contributed by atoms with Gasteiger partial charge >= 0.3 is 5.97 Å². The minimum atomic E-state index is -0.995. The molecule has 1 aliphatic rings. The number of hydrogen-bond donors (Lipinski definition) is 2. The molecule has 1 heterocycles. The number of rotatable bonds is 6. The number of fused-ring (bicyclic) bond motifs is 1. The summed E-state index contributed by atoms with van der Waals surface area (Å²) in [6.07, 6.45) is 0.495. The second-order valence-corrected chi connectivity index (χ2v) is 6.45. The summed E-state index contributed by atoms with van der Waals surface area (Å²) in [5.74, 6) is -2.13. The molecule has 2 amide bonds. The van der Waals surface area contributed by atoms with Crippen molar-refractivity contribution in [3.63, 3.8) is 0 Å². The molecule has 134 valence electrons. The fraction of sp³-hybridized carbons (Fsp3) is 0.250. The third-order valence-electron chi connectivity index (χ3n) is 4.55. The normalized spacial score (nSPS) is 14.0. The van der Waals surface area contributed by atoms with E-state index in [2.05, 4.69) is 5.32 Å². The molecule has 26 heavy (non-hydrogen) atoms. The lowest BCUT2D eigenvalue weighted by molar-refractivity contribution is -0.143. The van der Waals surface area contributed by atoms with Crippen LogP contribution in [0.25, 0.3) is 0 Å². The molecule has 0 bridgehead atoms. The quantitative estimate of drug-likeness (QED) is 0.836. The third-order valence-corrected chi connectivity index (χ3v) is 4.55. The van der Waals surface area contributed by atoms with E-state index in [0.29, 0.717) is 18.5 Å². The number of carboxylic acids is 1. The lowest BCUT2D eigenvalue weighted by Gasteiger charge is -2.14. The van der Waals surface area contributed by atoms with Crippen molar-refractivity contribution >= 4 is 29.2 Å². The van der Waals surface area contributed by atoms with Gasteiger partial charge in [0.15, 0.2) is 0 Å². The fourth-order valence-corrected chi connectivity index (χ4v) is 3.13. The van der Waals surface area contributed by atoms with Crippen molar-refractivity contribution in [1.29, 1.82) is 0 Å². The van der Waals surface area contributed by atoms with Gasteiger partial charge in [0.1, 0.15) is 0 Å². The number of carbonyl (C=O) groups is 3. The maximum atomic E-state index is 12.3. The Labute approximate surface area is 151 Å². The van der Waals surface area contributed by atoms with Crippen molar-refractivity contribution < 1.29 is 19.5 Å². The van der Waals surface area contributed by atoms with E-state index in [4.69, 9.17) is 0 Å². The summed E-state index contributed by atoms with van der Waals surface area (Å²) in [5, 5.41) is 12.2. The Morgan fingerprint density at radius 1 is 1.19 bits per heavy atom. The molecule has 6 heteroatoms. The van der Waals surface area contributed by atoms with Crippen molar-refractivity contribution in [2.75, 3.05) is 17.3 Å². The molecule has 1 aliphatic heterocycles. The molecule has 6 nitrogen and oxygen atoms in total. The molecule has 1 atom stereocenters. The maximum absolute atomic E-state index is 12.3. The molecule has 0 fully saturated rings. The number of amides is 2. The summed E-state index contributed by atoms with van der Waals surface area (Å²) >= 11 is 0. The van der Waals surface area contributed by atoms with Crippen LogP contribution in [0.2, 0.25) is 0 Å². The van der Waals surface area contributed by atoms with E-state index >= 15 is 0 Å². The molecule has 0 saturated heterocycles. The molecule has 0 aliphatic carbocycles. The number of nitrogens with one attached hydrogen (secondary N) is 1. The maximum Gasteiger partial charge on any atom is 0.307 e. The monoisotopic (exact) mass is 352 g/mol. The summed E-state index contributed by atoms with van der Waals surface area (Å²) < 4.78 is 0. The number of carboxylic acid groups (broad SMARTS) is 1. The van der Waals surface area contributed by atoms with Crippen molar-refractivity contribution in [3.05, 3.63) is 59.7 Å². The molecule has 2 aromatic carbocycles. The standard InChI is InChI=1S/C20H20N2O4/c1-22-17-8-7-16(10-14(17)12-19(22)24)21-18(23)11-15(20(25)26)9-13-5-3-2-4-6-13/h2-8,10,15H,9,11-12H2,1H3,(H,21,23)(H,25,26). The Morgan fingerprint density at radius 2 is 1.92 bits per heavy atom. The van der Waals surface area contributed by atoms with Crippen LogP contribution in [0.4, 0.5) is 11.4 Å². The first kappa shape index (κ1) is 17.7. The first-order valence-corrected chi connectivity index (χ1v) is 8.40. The Balaban J connectivity index is 1.65. The van der Waals surface area contributed by atoms with E-state index in [1.807, 2.05) is 30.3 Å². The lowest BCUT2D eigenvalue weighted by atomic mass is 9.96. The van der Waals surface area contributed by atoms with Crippen LogP contribution in [0, 0.1) is 5.92 Å². The van der Waals surface area contributed by atoms with Crippen molar-refractivity contribution in [2.45, 2.75) is 19.3 Å². The second-order valence-electron chi connectivity index (χ2n) is 6.45. The highest BCUT2D eigenvalue weighted by atomic mass is 16.4. The van der Waals surface area contributed by atoms with Gasteiger partial charge in [0.2, 0.25) is 11.8 Å². The first-order chi connectivity index (χ1) is 12.4. The first-order valence-electron chi connectivity index (χ1n) is 8.40. The van der Waals surface area contributed by atoms with Crippen LogP contribution < -0.4 is 10.2 Å². The number of anilines is 2. The van der Waals surface area contributed by atoms with Gasteiger partial charge in [-0.05, 0) is 35.7 Å². The Hall–Kier alpha value is -3.15. The summed E-state index contributed by atoms with van der Waals surface area (Å²) in [6, 6.07) is 14.5. The highest BCUT2D eigenvalue weighted by Crippen LogP contribution is 2.30. The highest BCUT2D eigenvalue weighted by Gasteiger charge is 2.25. The Morgan fingerprint density at radius 3 is 2.62 bits per heavy atom. The zero-order chi connectivity index (χ0) is 18.7. The molecule has 3 rings (SSSR count). The molecule has 0 spiro atoms. The molecule has 2 aromatic rings. The molecule has 0 aromatic heterocycles. The second kappa shape index (κ2) is 7.39.